The van der Waals surface area contributed by atoms with Gasteiger partial charge in [0.2, 0.25) is 0 Å². The smallest absolute Gasteiger partial charge is 0.358 e. The molecule has 1 rings (SSSR count). The molecule has 7 heteroatoms. The van der Waals surface area contributed by atoms with Gasteiger partial charge in [-0.15, -0.1) is 0 Å². The van der Waals surface area contributed by atoms with Crippen molar-refractivity contribution in [2.45, 2.75) is 13.8 Å². The normalized spacial score (nSPS) is 11.9. The van der Waals surface area contributed by atoms with Crippen molar-refractivity contribution < 1.29 is 9.53 Å². The van der Waals surface area contributed by atoms with E-state index in [9.17, 15) is 14.4 Å². The lowest BCUT2D eigenvalue weighted by Gasteiger charge is -2.10. The zero-order chi connectivity index (χ0) is 13.0. The molecular weight excluding hydrogens is 226 g/mol. The fraction of sp³-hybridized carbons (Fsp3) is 0.300. The molecule has 1 aromatic heterocycles. The Hall–Kier alpha value is -2.31. The van der Waals surface area contributed by atoms with Crippen molar-refractivity contribution in [1.82, 2.24) is 9.78 Å². The third-order valence-corrected chi connectivity index (χ3v) is 1.89. The number of nitrogens with one attached hydrogen (secondary N) is 1. The number of hydrogen-bond acceptors (Lipinski definition) is 5. The van der Waals surface area contributed by atoms with Gasteiger partial charge in [0.25, 0.3) is 11.1 Å². The van der Waals surface area contributed by atoms with Gasteiger partial charge in [-0.1, -0.05) is 0 Å². The summed E-state index contributed by atoms with van der Waals surface area (Å²) in [5.41, 5.74) is 4.31. The van der Waals surface area contributed by atoms with Crippen molar-refractivity contribution in [3.8, 4) is 0 Å². The van der Waals surface area contributed by atoms with E-state index in [2.05, 4.69) is 5.10 Å². The minimum atomic E-state index is -0.767. The van der Waals surface area contributed by atoms with Gasteiger partial charge in [-0.25, -0.2) is 9.48 Å². The summed E-state index contributed by atoms with van der Waals surface area (Å²) < 4.78 is 5.53. The van der Waals surface area contributed by atoms with Gasteiger partial charge in [-0.3, -0.25) is 14.7 Å². The third kappa shape index (κ3) is 2.83. The molecule has 92 valence electrons. The Morgan fingerprint density at radius 2 is 2.12 bits per heavy atom. The van der Waals surface area contributed by atoms with Gasteiger partial charge in [0.05, 0.1) is 6.61 Å². The zero-order valence-electron chi connectivity index (χ0n) is 9.52. The maximum atomic E-state index is 11.6. The van der Waals surface area contributed by atoms with Crippen LogP contribution in [0.25, 0.3) is 5.70 Å². The molecule has 0 aromatic carbocycles. The van der Waals surface area contributed by atoms with Crippen LogP contribution in [0.3, 0.4) is 0 Å². The molecule has 0 amide bonds. The number of esters is 1. The average molecular weight is 239 g/mol. The topological polar surface area (TPSA) is 107 Å². The minimum absolute atomic E-state index is 0.0763. The summed E-state index contributed by atoms with van der Waals surface area (Å²) in [6.45, 7) is 3.20. The number of rotatable bonds is 3. The second kappa shape index (κ2) is 5.15. The average Bonchev–Trinajstić information content (AvgIpc) is 2.23. The van der Waals surface area contributed by atoms with Crippen LogP contribution < -0.4 is 16.9 Å². The van der Waals surface area contributed by atoms with Gasteiger partial charge in [0.1, 0.15) is 0 Å². The first-order chi connectivity index (χ1) is 7.97. The van der Waals surface area contributed by atoms with Gasteiger partial charge in [0.15, 0.2) is 5.70 Å². The van der Waals surface area contributed by atoms with E-state index < -0.39 is 17.1 Å². The summed E-state index contributed by atoms with van der Waals surface area (Å²) >= 11 is 0. The molecule has 0 radical (unpaired) electrons. The lowest BCUT2D eigenvalue weighted by Crippen LogP contribution is -2.32. The molecule has 7 nitrogen and oxygen atoms in total. The molecule has 1 heterocycles. The molecular formula is C10H13N3O4. The van der Waals surface area contributed by atoms with Crippen LogP contribution >= 0.6 is 0 Å². The SMILES string of the molecule is CCOC(=O)/C(=C(\C)N)n1[nH]c(=O)ccc1=O. The Kier molecular flexibility index (Phi) is 3.86. The molecule has 0 atom stereocenters. The van der Waals surface area contributed by atoms with Crippen LogP contribution in [-0.4, -0.2) is 22.4 Å². The Morgan fingerprint density at radius 1 is 1.47 bits per heavy atom. The summed E-state index contributed by atoms with van der Waals surface area (Å²) in [7, 11) is 0. The third-order valence-electron chi connectivity index (χ3n) is 1.89. The Balaban J connectivity index is 3.40. The maximum absolute atomic E-state index is 11.6. The van der Waals surface area contributed by atoms with Crippen molar-refractivity contribution in [2.75, 3.05) is 6.61 Å². The van der Waals surface area contributed by atoms with Crippen LogP contribution in [0.1, 0.15) is 13.8 Å². The van der Waals surface area contributed by atoms with Gasteiger partial charge < -0.3 is 10.5 Å². The van der Waals surface area contributed by atoms with E-state index in [-0.39, 0.29) is 18.0 Å². The van der Waals surface area contributed by atoms with E-state index in [0.717, 1.165) is 16.8 Å². The number of allylic oxidation sites excluding steroid dienone is 1. The zero-order valence-corrected chi connectivity index (χ0v) is 9.52. The quantitative estimate of drug-likeness (QED) is 0.533. The highest BCUT2D eigenvalue weighted by molar-refractivity contribution is 6.10. The number of nitrogens with two attached hydrogens (primary N) is 1. The van der Waals surface area contributed by atoms with Gasteiger partial charge >= 0.3 is 5.97 Å². The lowest BCUT2D eigenvalue weighted by atomic mass is 10.3. The molecule has 1 aromatic rings. The van der Waals surface area contributed by atoms with Crippen molar-refractivity contribution in [1.29, 1.82) is 0 Å². The van der Waals surface area contributed by atoms with Crippen molar-refractivity contribution >= 4 is 11.7 Å². The molecule has 0 fully saturated rings. The number of carbonyl (C=O) groups is 1. The van der Waals surface area contributed by atoms with E-state index >= 15 is 0 Å². The van der Waals surface area contributed by atoms with E-state index in [1.54, 1.807) is 6.92 Å². The van der Waals surface area contributed by atoms with E-state index in [1.807, 2.05) is 0 Å². The second-order valence-corrected chi connectivity index (χ2v) is 3.24. The highest BCUT2D eigenvalue weighted by Gasteiger charge is 2.17. The Labute approximate surface area is 96.5 Å². The number of aromatic nitrogens is 2. The number of carbonyl (C=O) groups excluding carboxylic acids is 1. The fourth-order valence-corrected chi connectivity index (χ4v) is 1.22. The molecule has 0 saturated carbocycles. The van der Waals surface area contributed by atoms with E-state index in [4.69, 9.17) is 10.5 Å². The van der Waals surface area contributed by atoms with Crippen LogP contribution in [-0.2, 0) is 9.53 Å². The molecule has 0 bridgehead atoms. The van der Waals surface area contributed by atoms with E-state index in [0.29, 0.717) is 0 Å². The summed E-state index contributed by atoms with van der Waals surface area (Å²) in [6.07, 6.45) is 0. The monoisotopic (exact) mass is 239 g/mol. The van der Waals surface area contributed by atoms with Crippen LogP contribution in [0.2, 0.25) is 0 Å². The number of nitrogens with zero attached hydrogens (tertiary/aromatic N) is 1. The standard InChI is InChI=1S/C10H13N3O4/c1-3-17-10(16)9(6(2)11)13-8(15)5-4-7(14)12-13/h4-5H,3,11H2,1-2H3,(H,12,14)/b9-6-. The Morgan fingerprint density at radius 3 is 2.65 bits per heavy atom. The molecule has 0 aliphatic heterocycles. The number of hydrogen-bond donors (Lipinski definition) is 2. The largest absolute Gasteiger partial charge is 0.461 e. The van der Waals surface area contributed by atoms with E-state index in [1.165, 1.54) is 6.92 Å². The number of H-pyrrole nitrogens is 1. The highest BCUT2D eigenvalue weighted by atomic mass is 16.5. The van der Waals surface area contributed by atoms with Crippen molar-refractivity contribution in [3.63, 3.8) is 0 Å². The van der Waals surface area contributed by atoms with Gasteiger partial charge in [-0.05, 0) is 13.8 Å². The summed E-state index contributed by atoms with van der Waals surface area (Å²) in [4.78, 5) is 34.2. The van der Waals surface area contributed by atoms with Crippen molar-refractivity contribution in [3.05, 3.63) is 38.5 Å². The summed E-state index contributed by atoms with van der Waals surface area (Å²) in [5, 5.41) is 2.21. The second-order valence-electron chi connectivity index (χ2n) is 3.24. The molecule has 17 heavy (non-hydrogen) atoms. The lowest BCUT2D eigenvalue weighted by molar-refractivity contribution is -0.136. The highest BCUT2D eigenvalue weighted by Crippen LogP contribution is 2.04. The minimum Gasteiger partial charge on any atom is -0.461 e. The first-order valence-electron chi connectivity index (χ1n) is 4.93. The number of aromatic amines is 1. The molecule has 0 saturated heterocycles. The first kappa shape index (κ1) is 12.8. The van der Waals surface area contributed by atoms with Gasteiger partial charge in [0, 0.05) is 17.8 Å². The molecule has 0 aliphatic rings. The van der Waals surface area contributed by atoms with Crippen molar-refractivity contribution in [2.24, 2.45) is 5.73 Å². The molecule has 0 unspecified atom stereocenters. The van der Waals surface area contributed by atoms with Crippen LogP contribution in [0, 0.1) is 0 Å². The first-order valence-corrected chi connectivity index (χ1v) is 4.93. The predicted molar refractivity (Wildman–Crippen MR) is 61.0 cm³/mol. The summed E-state index contributed by atoms with van der Waals surface area (Å²) in [5.74, 6) is -0.767. The van der Waals surface area contributed by atoms with Crippen LogP contribution in [0.5, 0.6) is 0 Å². The molecule has 0 spiro atoms. The predicted octanol–water partition coefficient (Wildman–Crippen LogP) is -0.753. The maximum Gasteiger partial charge on any atom is 0.358 e. The van der Waals surface area contributed by atoms with Crippen LogP contribution in [0.4, 0.5) is 0 Å². The molecule has 0 aliphatic carbocycles. The fourth-order valence-electron chi connectivity index (χ4n) is 1.22. The molecule has 3 N–H and O–H groups in total. The Bertz CT molecular complexity index is 563. The van der Waals surface area contributed by atoms with Crippen LogP contribution in [0.15, 0.2) is 27.4 Å². The summed E-state index contributed by atoms with van der Waals surface area (Å²) in [6, 6.07) is 2.11. The number of ether oxygens (including phenoxy) is 1. The van der Waals surface area contributed by atoms with Gasteiger partial charge in [-0.2, -0.15) is 0 Å².